The number of carbonyl (C=O) groups is 2. The number of nitrogens with one attached hydrogen (secondary N) is 1. The molecule has 1 N–H and O–H groups in total. The zero-order chi connectivity index (χ0) is 26.6. The van der Waals surface area contributed by atoms with Crippen LogP contribution in [0.25, 0.3) is 11.1 Å². The number of thioether (sulfide) groups is 1. The lowest BCUT2D eigenvalue weighted by Gasteiger charge is -2.26. The summed E-state index contributed by atoms with van der Waals surface area (Å²) in [5, 5.41) is 2.91. The molecule has 202 valence electrons. The number of hydrogen-bond acceptors (Lipinski definition) is 5. The van der Waals surface area contributed by atoms with Gasteiger partial charge in [-0.1, -0.05) is 69.4 Å². The number of ether oxygens (including phenoxy) is 2. The second kappa shape index (κ2) is 15.2. The second-order valence-corrected chi connectivity index (χ2v) is 11.1. The summed E-state index contributed by atoms with van der Waals surface area (Å²) in [4.78, 5) is 25.7. The fourth-order valence-electron chi connectivity index (χ4n) is 5.20. The fourth-order valence-corrected chi connectivity index (χ4v) is 5.67. The first-order valence-corrected chi connectivity index (χ1v) is 15.0. The number of hydrogen-bond donors (Lipinski definition) is 1. The van der Waals surface area contributed by atoms with E-state index in [0.717, 1.165) is 46.8 Å². The van der Waals surface area contributed by atoms with Crippen LogP contribution in [0.2, 0.25) is 0 Å². The molecule has 1 fully saturated rings. The van der Waals surface area contributed by atoms with Crippen molar-refractivity contribution in [3.8, 4) is 11.1 Å². The number of esters is 1. The average Bonchev–Trinajstić information content (AvgIpc) is 2.93. The molecule has 2 atom stereocenters. The highest BCUT2D eigenvalue weighted by molar-refractivity contribution is 7.98. The van der Waals surface area contributed by atoms with E-state index in [0.29, 0.717) is 18.6 Å². The summed E-state index contributed by atoms with van der Waals surface area (Å²) < 4.78 is 11.3. The van der Waals surface area contributed by atoms with Gasteiger partial charge in [-0.15, -0.1) is 0 Å². The van der Waals surface area contributed by atoms with Gasteiger partial charge in [0, 0.05) is 5.56 Å². The van der Waals surface area contributed by atoms with Gasteiger partial charge in [-0.05, 0) is 78.5 Å². The highest BCUT2D eigenvalue weighted by Gasteiger charge is 2.24. The van der Waals surface area contributed by atoms with Crippen LogP contribution in [0.5, 0.6) is 0 Å². The Bertz CT molecular complexity index is 1020. The van der Waals surface area contributed by atoms with Crippen LogP contribution >= 0.6 is 11.8 Å². The van der Waals surface area contributed by atoms with Crippen LogP contribution < -0.4 is 5.32 Å². The Kier molecular flexibility index (Phi) is 12.0. The number of amides is 1. The number of benzene rings is 2. The molecule has 0 bridgehead atoms. The van der Waals surface area contributed by atoms with E-state index in [1.807, 2.05) is 49.6 Å². The van der Waals surface area contributed by atoms with Crippen molar-refractivity contribution in [2.24, 2.45) is 5.92 Å². The number of rotatable bonds is 13. The molecule has 2 aromatic carbocycles. The zero-order valence-corrected chi connectivity index (χ0v) is 23.7. The number of aryl methyl sites for hydroxylation is 1. The first kappa shape index (κ1) is 29.2. The molecular formula is C31H43NO4S. The van der Waals surface area contributed by atoms with Crippen LogP contribution in [-0.2, 0) is 20.9 Å². The lowest BCUT2D eigenvalue weighted by Crippen LogP contribution is -2.42. The average molecular weight is 526 g/mol. The van der Waals surface area contributed by atoms with E-state index in [1.54, 1.807) is 11.8 Å². The van der Waals surface area contributed by atoms with Gasteiger partial charge in [0.1, 0.15) is 6.04 Å². The standard InChI is InChI=1S/C31H43NO4S/c1-5-25(19-23-12-7-6-8-13-23)36-21-24-15-16-27(28(20-24)26-14-10-9-11-22(26)2)30(33)32-29(17-18-37-4)31(34)35-3/h9-11,14-16,20,23,25,29H,5-8,12-13,17-19,21H2,1-4H3,(H,32,33)/t25-,29+/m1/s1. The van der Waals surface area contributed by atoms with Crippen molar-refractivity contribution >= 4 is 23.6 Å². The third kappa shape index (κ3) is 8.61. The van der Waals surface area contributed by atoms with Crippen LogP contribution in [0.15, 0.2) is 42.5 Å². The largest absolute Gasteiger partial charge is 0.467 e. The summed E-state index contributed by atoms with van der Waals surface area (Å²) in [5.74, 6) is 0.834. The molecule has 0 spiro atoms. The fraction of sp³-hybridized carbons (Fsp3) is 0.548. The Balaban J connectivity index is 1.81. The van der Waals surface area contributed by atoms with Gasteiger partial charge in [-0.2, -0.15) is 11.8 Å². The molecule has 0 radical (unpaired) electrons. The lowest BCUT2D eigenvalue weighted by atomic mass is 9.85. The van der Waals surface area contributed by atoms with Crippen LogP contribution in [-0.4, -0.2) is 43.1 Å². The quantitative estimate of drug-likeness (QED) is 0.287. The maximum Gasteiger partial charge on any atom is 0.328 e. The van der Waals surface area contributed by atoms with Crippen molar-refractivity contribution in [1.82, 2.24) is 5.32 Å². The Morgan fingerprint density at radius 1 is 1.08 bits per heavy atom. The molecule has 6 heteroatoms. The smallest absolute Gasteiger partial charge is 0.328 e. The first-order chi connectivity index (χ1) is 18.0. The Morgan fingerprint density at radius 3 is 2.51 bits per heavy atom. The minimum absolute atomic E-state index is 0.255. The Morgan fingerprint density at radius 2 is 1.84 bits per heavy atom. The molecule has 3 rings (SSSR count). The van der Waals surface area contributed by atoms with E-state index >= 15 is 0 Å². The van der Waals surface area contributed by atoms with Gasteiger partial charge < -0.3 is 14.8 Å². The van der Waals surface area contributed by atoms with Gasteiger partial charge in [-0.3, -0.25) is 4.79 Å². The maximum atomic E-state index is 13.4. The van der Waals surface area contributed by atoms with Crippen molar-refractivity contribution in [2.75, 3.05) is 19.1 Å². The summed E-state index contributed by atoms with van der Waals surface area (Å²) in [7, 11) is 1.35. The molecule has 1 aliphatic rings. The van der Waals surface area contributed by atoms with E-state index in [1.165, 1.54) is 39.2 Å². The van der Waals surface area contributed by atoms with Crippen LogP contribution in [0.1, 0.15) is 79.8 Å². The summed E-state index contributed by atoms with van der Waals surface area (Å²) in [5.41, 5.74) is 4.53. The molecule has 0 saturated heterocycles. The van der Waals surface area contributed by atoms with Gasteiger partial charge in [0.15, 0.2) is 0 Å². The van der Waals surface area contributed by atoms with E-state index < -0.39 is 12.0 Å². The van der Waals surface area contributed by atoms with E-state index in [4.69, 9.17) is 9.47 Å². The molecular weight excluding hydrogens is 482 g/mol. The highest BCUT2D eigenvalue weighted by atomic mass is 32.2. The summed E-state index contributed by atoms with van der Waals surface area (Å²) in [6.45, 7) is 4.77. The lowest BCUT2D eigenvalue weighted by molar-refractivity contribution is -0.142. The van der Waals surface area contributed by atoms with Crippen LogP contribution in [0.4, 0.5) is 0 Å². The van der Waals surface area contributed by atoms with Crippen molar-refractivity contribution in [3.63, 3.8) is 0 Å². The third-order valence-corrected chi connectivity index (χ3v) is 8.07. The van der Waals surface area contributed by atoms with Gasteiger partial charge >= 0.3 is 5.97 Å². The van der Waals surface area contributed by atoms with Crippen LogP contribution in [0, 0.1) is 12.8 Å². The van der Waals surface area contributed by atoms with E-state index in [2.05, 4.69) is 18.3 Å². The number of methoxy groups -OCH3 is 1. The summed E-state index contributed by atoms with van der Waals surface area (Å²) in [6, 6.07) is 13.3. The zero-order valence-electron chi connectivity index (χ0n) is 22.9. The monoisotopic (exact) mass is 525 g/mol. The third-order valence-electron chi connectivity index (χ3n) is 7.43. The molecule has 1 aliphatic carbocycles. The number of carbonyl (C=O) groups excluding carboxylic acids is 2. The predicted molar refractivity (Wildman–Crippen MR) is 153 cm³/mol. The predicted octanol–water partition coefficient (Wildman–Crippen LogP) is 6.95. The van der Waals surface area contributed by atoms with Crippen LogP contribution in [0.3, 0.4) is 0 Å². The van der Waals surface area contributed by atoms with Gasteiger partial charge in [-0.25, -0.2) is 4.79 Å². The molecule has 1 saturated carbocycles. The molecule has 0 aromatic heterocycles. The molecule has 1 amide bonds. The Hall–Kier alpha value is -2.31. The normalized spacial score (nSPS) is 15.7. The van der Waals surface area contributed by atoms with Crippen molar-refractivity contribution in [1.29, 1.82) is 0 Å². The molecule has 37 heavy (non-hydrogen) atoms. The molecule has 5 nitrogen and oxygen atoms in total. The SMILES string of the molecule is CC[C@H](CC1CCCCC1)OCc1ccc(C(=O)N[C@@H](CCSC)C(=O)OC)c(-c2ccccc2C)c1. The molecule has 0 heterocycles. The minimum Gasteiger partial charge on any atom is -0.467 e. The van der Waals surface area contributed by atoms with Crippen molar-refractivity contribution < 1.29 is 19.1 Å². The first-order valence-electron chi connectivity index (χ1n) is 13.6. The molecule has 0 unspecified atom stereocenters. The van der Waals surface area contributed by atoms with Gasteiger partial charge in [0.05, 0.1) is 19.8 Å². The summed E-state index contributed by atoms with van der Waals surface area (Å²) in [6.07, 6.45) is 11.6. The Labute approximate surface area is 227 Å². The highest BCUT2D eigenvalue weighted by Crippen LogP contribution is 2.31. The van der Waals surface area contributed by atoms with Gasteiger partial charge in [0.2, 0.25) is 0 Å². The topological polar surface area (TPSA) is 64.6 Å². The molecule has 0 aliphatic heterocycles. The van der Waals surface area contributed by atoms with Gasteiger partial charge in [0.25, 0.3) is 5.91 Å². The van der Waals surface area contributed by atoms with Crippen molar-refractivity contribution in [3.05, 3.63) is 59.2 Å². The maximum absolute atomic E-state index is 13.4. The van der Waals surface area contributed by atoms with E-state index in [9.17, 15) is 9.59 Å². The van der Waals surface area contributed by atoms with E-state index in [-0.39, 0.29) is 12.0 Å². The molecule has 2 aromatic rings. The van der Waals surface area contributed by atoms with Crippen molar-refractivity contribution in [2.45, 2.75) is 84.0 Å². The second-order valence-electron chi connectivity index (χ2n) is 10.1. The minimum atomic E-state index is -0.678. The summed E-state index contributed by atoms with van der Waals surface area (Å²) >= 11 is 1.63.